The number of rotatable bonds is 9. The van der Waals surface area contributed by atoms with E-state index in [4.69, 9.17) is 18.9 Å². The van der Waals surface area contributed by atoms with E-state index in [9.17, 15) is 0 Å². The van der Waals surface area contributed by atoms with Crippen LogP contribution in [0.2, 0.25) is 0 Å². The van der Waals surface area contributed by atoms with E-state index in [1.54, 1.807) is 0 Å². The van der Waals surface area contributed by atoms with E-state index in [1.165, 1.54) is 0 Å². The lowest BCUT2D eigenvalue weighted by Crippen LogP contribution is -2.15. The molecule has 6 atom stereocenters. The monoisotopic (exact) mass is 338 g/mol. The minimum absolute atomic E-state index is 0.0825. The van der Waals surface area contributed by atoms with Crippen LogP contribution in [0.5, 0.6) is 0 Å². The van der Waals surface area contributed by atoms with Crippen LogP contribution in [0.1, 0.15) is 80.1 Å². The summed E-state index contributed by atoms with van der Waals surface area (Å²) in [6.45, 7) is 13.2. The van der Waals surface area contributed by atoms with Crippen LogP contribution in [-0.4, -0.2) is 46.8 Å². The maximum atomic E-state index is 6.00. The molecule has 4 aliphatic rings. The average molecular weight is 338 g/mol. The Morgan fingerprint density at radius 1 is 0.500 bits per heavy atom. The van der Waals surface area contributed by atoms with Gasteiger partial charge in [0.05, 0.1) is 46.8 Å². The van der Waals surface area contributed by atoms with Crippen molar-refractivity contribution in [1.29, 1.82) is 0 Å². The zero-order valence-electron chi connectivity index (χ0n) is 16.2. The maximum absolute atomic E-state index is 6.00. The van der Waals surface area contributed by atoms with E-state index in [1.807, 2.05) is 0 Å². The topological polar surface area (TPSA) is 50.1 Å². The minimum Gasteiger partial charge on any atom is -0.367 e. The van der Waals surface area contributed by atoms with Crippen LogP contribution in [0.15, 0.2) is 0 Å². The molecule has 0 amide bonds. The molecule has 0 aliphatic carbocycles. The van der Waals surface area contributed by atoms with E-state index in [-0.39, 0.29) is 22.4 Å². The summed E-state index contributed by atoms with van der Waals surface area (Å²) in [4.78, 5) is 0. The Morgan fingerprint density at radius 2 is 0.833 bits per heavy atom. The zero-order chi connectivity index (χ0) is 17.4. The average Bonchev–Trinajstić information content (AvgIpc) is 3.39. The Hall–Kier alpha value is -0.160. The molecule has 4 nitrogen and oxygen atoms in total. The summed E-state index contributed by atoms with van der Waals surface area (Å²) in [5, 5.41) is 0. The van der Waals surface area contributed by atoms with Crippen molar-refractivity contribution in [3.8, 4) is 0 Å². The highest BCUT2D eigenvalue weighted by Gasteiger charge is 2.58. The summed E-state index contributed by atoms with van der Waals surface area (Å²) >= 11 is 0. The molecule has 2 unspecified atom stereocenters. The van der Waals surface area contributed by atoms with Gasteiger partial charge in [0.15, 0.2) is 0 Å². The van der Waals surface area contributed by atoms with Gasteiger partial charge in [-0.15, -0.1) is 0 Å². The molecule has 4 heterocycles. The van der Waals surface area contributed by atoms with Crippen LogP contribution >= 0.6 is 0 Å². The molecule has 24 heavy (non-hydrogen) atoms. The fourth-order valence-corrected chi connectivity index (χ4v) is 4.37. The second-order valence-corrected chi connectivity index (χ2v) is 9.91. The first kappa shape index (κ1) is 17.3. The van der Waals surface area contributed by atoms with Gasteiger partial charge in [0.2, 0.25) is 0 Å². The third-order valence-corrected chi connectivity index (χ3v) is 6.90. The molecule has 4 aliphatic heterocycles. The van der Waals surface area contributed by atoms with Gasteiger partial charge in [0.25, 0.3) is 0 Å². The summed E-state index contributed by atoms with van der Waals surface area (Å²) in [6, 6.07) is 0. The van der Waals surface area contributed by atoms with E-state index in [2.05, 4.69) is 41.5 Å². The number of ether oxygens (including phenoxy) is 4. The zero-order valence-corrected chi connectivity index (χ0v) is 16.2. The molecule has 0 spiro atoms. The third-order valence-electron chi connectivity index (χ3n) is 6.90. The van der Waals surface area contributed by atoms with Gasteiger partial charge in [-0.1, -0.05) is 0 Å². The van der Waals surface area contributed by atoms with Crippen LogP contribution < -0.4 is 0 Å². The first-order valence-corrected chi connectivity index (χ1v) is 9.75. The summed E-state index contributed by atoms with van der Waals surface area (Å²) in [5.74, 6) is 0. The van der Waals surface area contributed by atoms with Crippen molar-refractivity contribution in [3.63, 3.8) is 0 Å². The van der Waals surface area contributed by atoms with Crippen molar-refractivity contribution in [1.82, 2.24) is 0 Å². The molecule has 0 bridgehead atoms. The molecule has 0 N–H and O–H groups in total. The highest BCUT2D eigenvalue weighted by molar-refractivity contribution is 5.06. The third kappa shape index (κ3) is 3.40. The standard InChI is InChI=1S/C20H34O4/c1-17(2)13(21-17)9-11-19(5)15(23-19)7-8-16-20(6,24-16)12-10-14-18(3,4)22-14/h13-16H,7-12H2,1-6H3/t13-,14-,15+,16+,19?,20?/m1/s1. The smallest absolute Gasteiger partial charge is 0.0921 e. The highest BCUT2D eigenvalue weighted by Crippen LogP contribution is 2.50. The summed E-state index contributed by atoms with van der Waals surface area (Å²) in [6.07, 6.45) is 8.41. The van der Waals surface area contributed by atoms with Crippen LogP contribution in [0.4, 0.5) is 0 Å². The van der Waals surface area contributed by atoms with Crippen molar-refractivity contribution >= 4 is 0 Å². The van der Waals surface area contributed by atoms with Gasteiger partial charge in [-0.25, -0.2) is 0 Å². The number of hydrogen-bond acceptors (Lipinski definition) is 4. The Balaban J connectivity index is 1.12. The predicted octanol–water partition coefficient (Wildman–Crippen LogP) is 4.00. The molecular weight excluding hydrogens is 304 g/mol. The van der Waals surface area contributed by atoms with Gasteiger partial charge >= 0.3 is 0 Å². The normalized spacial score (nSPS) is 49.8. The van der Waals surface area contributed by atoms with Crippen LogP contribution in [0.25, 0.3) is 0 Å². The molecule has 0 aromatic heterocycles. The first-order valence-electron chi connectivity index (χ1n) is 9.75. The van der Waals surface area contributed by atoms with Crippen LogP contribution in [0.3, 0.4) is 0 Å². The van der Waals surface area contributed by atoms with E-state index in [0.717, 1.165) is 38.5 Å². The number of hydrogen-bond donors (Lipinski definition) is 0. The molecule has 138 valence electrons. The van der Waals surface area contributed by atoms with Crippen molar-refractivity contribution in [3.05, 3.63) is 0 Å². The SMILES string of the molecule is CC1(C)O[C@@H]1CCC1(C)O[C@H]1CC[C@@H]1OC1(C)CC[C@H]1OC1(C)C. The number of epoxide rings is 4. The maximum Gasteiger partial charge on any atom is 0.0921 e. The van der Waals surface area contributed by atoms with Gasteiger partial charge in [-0.3, -0.25) is 0 Å². The molecular formula is C20H34O4. The summed E-state index contributed by atoms with van der Waals surface area (Å²) in [7, 11) is 0. The molecule has 0 saturated carbocycles. The molecule has 4 heteroatoms. The lowest BCUT2D eigenvalue weighted by atomic mass is 9.92. The minimum atomic E-state index is 0.0825. The Kier molecular flexibility index (Phi) is 3.73. The lowest BCUT2D eigenvalue weighted by molar-refractivity contribution is 0.268. The molecule has 4 rings (SSSR count). The Bertz CT molecular complexity index is 470. The van der Waals surface area contributed by atoms with Gasteiger partial charge in [0.1, 0.15) is 0 Å². The molecule has 4 fully saturated rings. The summed E-state index contributed by atoms with van der Waals surface area (Å²) in [5.41, 5.74) is 0.368. The molecule has 0 radical (unpaired) electrons. The second kappa shape index (κ2) is 5.18. The second-order valence-electron chi connectivity index (χ2n) is 9.91. The van der Waals surface area contributed by atoms with Crippen molar-refractivity contribution in [2.45, 2.75) is 127 Å². The lowest BCUT2D eigenvalue weighted by Gasteiger charge is -2.06. The van der Waals surface area contributed by atoms with Gasteiger partial charge in [-0.2, -0.15) is 0 Å². The van der Waals surface area contributed by atoms with Crippen molar-refractivity contribution in [2.24, 2.45) is 0 Å². The predicted molar refractivity (Wildman–Crippen MR) is 92.2 cm³/mol. The fraction of sp³-hybridized carbons (Fsp3) is 1.00. The van der Waals surface area contributed by atoms with E-state index < -0.39 is 0 Å². The quantitative estimate of drug-likeness (QED) is 0.596. The molecule has 0 aromatic carbocycles. The van der Waals surface area contributed by atoms with Crippen molar-refractivity contribution < 1.29 is 18.9 Å². The molecule has 4 saturated heterocycles. The van der Waals surface area contributed by atoms with Gasteiger partial charge < -0.3 is 18.9 Å². The Morgan fingerprint density at radius 3 is 1.12 bits per heavy atom. The highest BCUT2D eigenvalue weighted by atomic mass is 16.6. The first-order chi connectivity index (χ1) is 11.0. The fourth-order valence-electron chi connectivity index (χ4n) is 4.37. The van der Waals surface area contributed by atoms with E-state index in [0.29, 0.717) is 24.4 Å². The largest absolute Gasteiger partial charge is 0.367 e. The Labute approximate surface area is 146 Å². The van der Waals surface area contributed by atoms with Gasteiger partial charge in [0, 0.05) is 0 Å². The molecule has 0 aromatic rings. The van der Waals surface area contributed by atoms with Crippen LogP contribution in [0, 0.1) is 0 Å². The van der Waals surface area contributed by atoms with Crippen molar-refractivity contribution in [2.75, 3.05) is 0 Å². The van der Waals surface area contributed by atoms with Gasteiger partial charge in [-0.05, 0) is 80.1 Å². The van der Waals surface area contributed by atoms with Crippen LogP contribution in [-0.2, 0) is 18.9 Å². The van der Waals surface area contributed by atoms with E-state index >= 15 is 0 Å². The summed E-state index contributed by atoms with van der Waals surface area (Å²) < 4.78 is 23.4.